The van der Waals surface area contributed by atoms with E-state index < -0.39 is 5.41 Å². The van der Waals surface area contributed by atoms with Gasteiger partial charge in [-0.25, -0.2) is 15.0 Å². The minimum atomic E-state index is -0.519. The van der Waals surface area contributed by atoms with E-state index in [1.165, 1.54) is 59.1 Å². The smallest absolute Gasteiger partial charge is 0.164 e. The maximum absolute atomic E-state index is 5.37. The van der Waals surface area contributed by atoms with E-state index >= 15 is 0 Å². The first-order valence-electron chi connectivity index (χ1n) is 23.1. The highest BCUT2D eigenvalue weighted by Gasteiger charge is 2.46. The van der Waals surface area contributed by atoms with Gasteiger partial charge in [-0.05, 0) is 103 Å². The SMILES string of the molecule is c1ccc(-c2cc(-c3ccc4c(c3)C(c3ccccc3)(c3ccccc3)c3ccccc3-4)cc(-c3nc(-c4ccccc4)nc(-c4cccc(-c5cccc6c5sc5ccccc56)c4)n3)c2)cc1. The fourth-order valence-corrected chi connectivity index (χ4v) is 11.7. The lowest BCUT2D eigenvalue weighted by Crippen LogP contribution is -2.28. The number of fused-ring (bicyclic) bond motifs is 6. The van der Waals surface area contributed by atoms with Crippen LogP contribution in [0.15, 0.2) is 249 Å². The molecule has 13 rings (SSSR count). The Morgan fingerprint density at radius 3 is 1.50 bits per heavy atom. The second-order valence-electron chi connectivity index (χ2n) is 17.5. The number of thiophene rings is 1. The summed E-state index contributed by atoms with van der Waals surface area (Å²) >= 11 is 1.84. The van der Waals surface area contributed by atoms with Crippen LogP contribution in [0.5, 0.6) is 0 Å². The van der Waals surface area contributed by atoms with Crippen LogP contribution in [0.25, 0.3) is 98.8 Å². The lowest BCUT2D eigenvalue weighted by atomic mass is 9.67. The van der Waals surface area contributed by atoms with E-state index in [0.717, 1.165) is 44.5 Å². The quantitative estimate of drug-likeness (QED) is 0.153. The summed E-state index contributed by atoms with van der Waals surface area (Å²) in [5, 5.41) is 2.56. The Hall–Kier alpha value is -8.57. The second-order valence-corrected chi connectivity index (χ2v) is 18.5. The zero-order valence-corrected chi connectivity index (χ0v) is 37.7. The first-order valence-corrected chi connectivity index (χ1v) is 23.9. The molecule has 318 valence electrons. The maximum Gasteiger partial charge on any atom is 0.164 e. The summed E-state index contributed by atoms with van der Waals surface area (Å²) in [4.78, 5) is 15.9. The summed E-state index contributed by atoms with van der Waals surface area (Å²) in [6.07, 6.45) is 0. The number of aromatic nitrogens is 3. The molecule has 2 heterocycles. The van der Waals surface area contributed by atoms with Crippen molar-refractivity contribution in [2.45, 2.75) is 5.41 Å². The average molecular weight is 884 g/mol. The van der Waals surface area contributed by atoms with Gasteiger partial charge in [-0.2, -0.15) is 0 Å². The van der Waals surface area contributed by atoms with Gasteiger partial charge in [0.05, 0.1) is 5.41 Å². The standard InChI is InChI=1S/C64H41N3S/c1-5-19-42(20-6-1)47-38-48(44-35-36-54-53-29-13-15-33-57(53)64(58(54)41-44,50-25-9-3-10-26-50)51-27-11-4-12-28-51)40-49(39-47)63-66-61(43-21-7-2-8-22-43)65-62(67-63)46-24-17-23-45(37-46)52-31-18-32-56-55-30-14-16-34-59(55)68-60(52)56/h1-41H. The highest BCUT2D eigenvalue weighted by atomic mass is 32.1. The molecular formula is C64H41N3S. The van der Waals surface area contributed by atoms with Crippen molar-refractivity contribution in [3.05, 3.63) is 271 Å². The molecule has 0 saturated heterocycles. The molecule has 4 heteroatoms. The molecule has 0 saturated carbocycles. The normalized spacial score (nSPS) is 12.5. The van der Waals surface area contributed by atoms with Crippen molar-refractivity contribution in [2.24, 2.45) is 0 Å². The van der Waals surface area contributed by atoms with Crippen LogP contribution in [0, 0.1) is 0 Å². The molecule has 0 fully saturated rings. The van der Waals surface area contributed by atoms with Gasteiger partial charge >= 0.3 is 0 Å². The Kier molecular flexibility index (Phi) is 9.59. The van der Waals surface area contributed by atoms with Crippen LogP contribution in [0.1, 0.15) is 22.3 Å². The van der Waals surface area contributed by atoms with Crippen LogP contribution in [0.2, 0.25) is 0 Å². The second kappa shape index (κ2) is 16.4. The molecule has 0 bridgehead atoms. The molecule has 0 N–H and O–H groups in total. The summed E-state index contributed by atoms with van der Waals surface area (Å²) in [6, 6.07) is 89.6. The number of nitrogens with zero attached hydrogens (tertiary/aromatic N) is 3. The van der Waals surface area contributed by atoms with E-state index in [4.69, 9.17) is 15.0 Å². The first kappa shape index (κ1) is 39.8. The average Bonchev–Trinajstić information content (AvgIpc) is 3.95. The van der Waals surface area contributed by atoms with Crippen molar-refractivity contribution in [1.82, 2.24) is 15.0 Å². The highest BCUT2D eigenvalue weighted by molar-refractivity contribution is 7.26. The van der Waals surface area contributed by atoms with Crippen molar-refractivity contribution < 1.29 is 0 Å². The van der Waals surface area contributed by atoms with Gasteiger partial charge in [0.2, 0.25) is 0 Å². The van der Waals surface area contributed by atoms with E-state index in [1.807, 2.05) is 29.5 Å². The summed E-state index contributed by atoms with van der Waals surface area (Å²) < 4.78 is 2.56. The van der Waals surface area contributed by atoms with Crippen LogP contribution in [0.4, 0.5) is 0 Å². The predicted molar refractivity (Wildman–Crippen MR) is 283 cm³/mol. The largest absolute Gasteiger partial charge is 0.208 e. The van der Waals surface area contributed by atoms with Gasteiger partial charge in [0, 0.05) is 36.9 Å². The molecule has 0 spiro atoms. The van der Waals surface area contributed by atoms with Crippen LogP contribution >= 0.6 is 11.3 Å². The molecule has 1 aliphatic rings. The predicted octanol–water partition coefficient (Wildman–Crippen LogP) is 16.6. The third-order valence-corrected chi connectivity index (χ3v) is 14.8. The van der Waals surface area contributed by atoms with E-state index in [-0.39, 0.29) is 0 Å². The van der Waals surface area contributed by atoms with Crippen LogP contribution < -0.4 is 0 Å². The topological polar surface area (TPSA) is 38.7 Å². The summed E-state index contributed by atoms with van der Waals surface area (Å²) in [5.74, 6) is 1.86. The molecule has 0 aliphatic heterocycles. The molecule has 0 amide bonds. The monoisotopic (exact) mass is 883 g/mol. The van der Waals surface area contributed by atoms with E-state index in [9.17, 15) is 0 Å². The van der Waals surface area contributed by atoms with Gasteiger partial charge in [-0.3, -0.25) is 0 Å². The molecule has 2 aromatic heterocycles. The first-order chi connectivity index (χ1) is 33.7. The fourth-order valence-electron chi connectivity index (χ4n) is 10.5. The molecule has 1 aliphatic carbocycles. The van der Waals surface area contributed by atoms with Gasteiger partial charge < -0.3 is 0 Å². The zero-order chi connectivity index (χ0) is 45.0. The van der Waals surface area contributed by atoms with Crippen molar-refractivity contribution in [3.63, 3.8) is 0 Å². The number of hydrogen-bond donors (Lipinski definition) is 0. The zero-order valence-electron chi connectivity index (χ0n) is 36.9. The number of rotatable bonds is 8. The van der Waals surface area contributed by atoms with E-state index in [2.05, 4.69) is 231 Å². The van der Waals surface area contributed by atoms with Crippen LogP contribution in [0.3, 0.4) is 0 Å². The summed E-state index contributed by atoms with van der Waals surface area (Å²) in [6.45, 7) is 0. The molecular weight excluding hydrogens is 843 g/mol. The molecule has 0 atom stereocenters. The Morgan fingerprint density at radius 1 is 0.279 bits per heavy atom. The van der Waals surface area contributed by atoms with E-state index in [1.54, 1.807) is 0 Å². The van der Waals surface area contributed by atoms with Gasteiger partial charge in [0.25, 0.3) is 0 Å². The van der Waals surface area contributed by atoms with Gasteiger partial charge in [-0.1, -0.05) is 212 Å². The van der Waals surface area contributed by atoms with E-state index in [0.29, 0.717) is 17.5 Å². The Morgan fingerprint density at radius 2 is 0.765 bits per heavy atom. The molecule has 0 radical (unpaired) electrons. The van der Waals surface area contributed by atoms with Crippen molar-refractivity contribution in [3.8, 4) is 78.7 Å². The molecule has 0 unspecified atom stereocenters. The molecule has 68 heavy (non-hydrogen) atoms. The van der Waals surface area contributed by atoms with Crippen LogP contribution in [-0.2, 0) is 5.41 Å². The van der Waals surface area contributed by atoms with Gasteiger partial charge in [-0.15, -0.1) is 11.3 Å². The summed E-state index contributed by atoms with van der Waals surface area (Å²) in [7, 11) is 0. The summed E-state index contributed by atoms with van der Waals surface area (Å²) in [5.41, 5.74) is 16.5. The Balaban J connectivity index is 1.00. The lowest BCUT2D eigenvalue weighted by Gasteiger charge is -2.34. The minimum Gasteiger partial charge on any atom is -0.208 e. The van der Waals surface area contributed by atoms with Gasteiger partial charge in [0.15, 0.2) is 17.5 Å². The van der Waals surface area contributed by atoms with Crippen molar-refractivity contribution >= 4 is 31.5 Å². The molecule has 10 aromatic carbocycles. The van der Waals surface area contributed by atoms with Gasteiger partial charge in [0.1, 0.15) is 0 Å². The minimum absolute atomic E-state index is 0.519. The van der Waals surface area contributed by atoms with Crippen molar-refractivity contribution in [2.75, 3.05) is 0 Å². The maximum atomic E-state index is 5.37. The fraction of sp³-hybridized carbons (Fsp3) is 0.0156. The molecule has 12 aromatic rings. The third kappa shape index (κ3) is 6.60. The third-order valence-electron chi connectivity index (χ3n) is 13.6. The Bertz CT molecular complexity index is 3800. The highest BCUT2D eigenvalue weighted by Crippen LogP contribution is 2.57. The number of hydrogen-bond acceptors (Lipinski definition) is 4. The number of benzene rings is 10. The van der Waals surface area contributed by atoms with Crippen molar-refractivity contribution in [1.29, 1.82) is 0 Å². The lowest BCUT2D eigenvalue weighted by molar-refractivity contribution is 0.769. The van der Waals surface area contributed by atoms with Crippen LogP contribution in [-0.4, -0.2) is 15.0 Å². The Labute approximate surface area is 399 Å². The molecule has 3 nitrogen and oxygen atoms in total.